The maximum absolute atomic E-state index is 11.8. The molecule has 0 bridgehead atoms. The van der Waals surface area contributed by atoms with Crippen molar-refractivity contribution in [3.63, 3.8) is 0 Å². The van der Waals surface area contributed by atoms with Gasteiger partial charge >= 0.3 is 11.9 Å². The molecule has 150 valence electrons. The van der Waals surface area contributed by atoms with E-state index in [-0.39, 0.29) is 23.3 Å². The van der Waals surface area contributed by atoms with E-state index in [2.05, 4.69) is 10.6 Å². The molecule has 10 heteroatoms. The summed E-state index contributed by atoms with van der Waals surface area (Å²) in [5.74, 6) is -0.917. The molecular formula is C16H28N2O6S2. The molecule has 2 N–H and O–H groups in total. The Kier molecular flexibility index (Phi) is 13.9. The molecule has 0 aliphatic carbocycles. The summed E-state index contributed by atoms with van der Waals surface area (Å²) in [6, 6.07) is -1.52. The molecule has 0 spiro atoms. The molecule has 2 atom stereocenters. The molecule has 0 aliphatic rings. The lowest BCUT2D eigenvalue weighted by molar-refractivity contribution is -0.144. The SMILES string of the molecule is CCCC(=O)N[C@@H](CSSC[C@@H](NC(=O)CCC)C(=O)OC)C(=O)OC. The number of amides is 2. The highest BCUT2D eigenvalue weighted by Crippen LogP contribution is 2.23. The van der Waals surface area contributed by atoms with Gasteiger partial charge in [-0.2, -0.15) is 0 Å². The molecule has 0 unspecified atom stereocenters. The lowest BCUT2D eigenvalue weighted by Crippen LogP contribution is -2.44. The largest absolute Gasteiger partial charge is 0.467 e. The Bertz CT molecular complexity index is 434. The third kappa shape index (κ3) is 10.5. The predicted molar refractivity (Wildman–Crippen MR) is 103 cm³/mol. The Morgan fingerprint density at radius 1 is 0.769 bits per heavy atom. The Hall–Kier alpha value is -1.42. The number of carbonyl (C=O) groups excluding carboxylic acids is 4. The molecule has 0 aromatic rings. The van der Waals surface area contributed by atoms with Crippen LogP contribution < -0.4 is 10.6 Å². The van der Waals surface area contributed by atoms with Gasteiger partial charge in [0.2, 0.25) is 11.8 Å². The summed E-state index contributed by atoms with van der Waals surface area (Å²) in [6.07, 6.45) is 2.03. The zero-order chi connectivity index (χ0) is 19.9. The van der Waals surface area contributed by atoms with Crippen molar-refractivity contribution < 1.29 is 28.7 Å². The predicted octanol–water partition coefficient (Wildman–Crippen LogP) is 1.28. The molecule has 0 rings (SSSR count). The highest BCUT2D eigenvalue weighted by Gasteiger charge is 2.24. The fraction of sp³-hybridized carbons (Fsp3) is 0.750. The molecular weight excluding hydrogens is 380 g/mol. The van der Waals surface area contributed by atoms with Gasteiger partial charge < -0.3 is 20.1 Å². The zero-order valence-corrected chi connectivity index (χ0v) is 17.3. The smallest absolute Gasteiger partial charge is 0.329 e. The molecule has 8 nitrogen and oxygen atoms in total. The van der Waals surface area contributed by atoms with Crippen molar-refractivity contribution >= 4 is 45.3 Å². The summed E-state index contributed by atoms with van der Waals surface area (Å²) in [6.45, 7) is 3.74. The van der Waals surface area contributed by atoms with Crippen LogP contribution in [0.25, 0.3) is 0 Å². The minimum atomic E-state index is -0.761. The first-order valence-electron chi connectivity index (χ1n) is 8.38. The molecule has 0 saturated carbocycles. The van der Waals surface area contributed by atoms with E-state index in [1.165, 1.54) is 35.8 Å². The highest BCUT2D eigenvalue weighted by molar-refractivity contribution is 8.76. The average Bonchev–Trinajstić information content (AvgIpc) is 2.62. The van der Waals surface area contributed by atoms with E-state index >= 15 is 0 Å². The maximum atomic E-state index is 11.8. The fourth-order valence-corrected chi connectivity index (χ4v) is 4.14. The van der Waals surface area contributed by atoms with E-state index in [1.807, 2.05) is 13.8 Å². The highest BCUT2D eigenvalue weighted by atomic mass is 33.1. The van der Waals surface area contributed by atoms with Crippen LogP contribution in [0, 0.1) is 0 Å². The summed E-state index contributed by atoms with van der Waals surface area (Å²) in [7, 11) is 5.13. The second-order valence-corrected chi connectivity index (χ2v) is 7.91. The van der Waals surface area contributed by atoms with Gasteiger partial charge in [-0.05, 0) is 12.8 Å². The third-order valence-corrected chi connectivity index (χ3v) is 5.57. The Morgan fingerprint density at radius 2 is 1.12 bits per heavy atom. The molecule has 0 aromatic carbocycles. The van der Waals surface area contributed by atoms with Gasteiger partial charge in [-0.3, -0.25) is 9.59 Å². The number of hydrogen-bond acceptors (Lipinski definition) is 8. The molecule has 0 aromatic heterocycles. The summed E-state index contributed by atoms with van der Waals surface area (Å²) in [5.41, 5.74) is 0. The topological polar surface area (TPSA) is 111 Å². The van der Waals surface area contributed by atoms with Crippen LogP contribution in [0.2, 0.25) is 0 Å². The molecule has 2 amide bonds. The quantitative estimate of drug-likeness (QED) is 0.266. The first-order chi connectivity index (χ1) is 12.4. The van der Waals surface area contributed by atoms with Crippen LogP contribution in [0.1, 0.15) is 39.5 Å². The zero-order valence-electron chi connectivity index (χ0n) is 15.7. The maximum Gasteiger partial charge on any atom is 0.329 e. The summed E-state index contributed by atoms with van der Waals surface area (Å²) >= 11 is 0. The number of esters is 2. The van der Waals surface area contributed by atoms with Gasteiger partial charge in [-0.15, -0.1) is 0 Å². The second kappa shape index (κ2) is 14.7. The van der Waals surface area contributed by atoms with Gasteiger partial charge in [0, 0.05) is 24.3 Å². The van der Waals surface area contributed by atoms with Gasteiger partial charge in [0.1, 0.15) is 12.1 Å². The van der Waals surface area contributed by atoms with Gasteiger partial charge in [-0.25, -0.2) is 9.59 Å². The van der Waals surface area contributed by atoms with E-state index < -0.39 is 24.0 Å². The van der Waals surface area contributed by atoms with Crippen molar-refractivity contribution in [1.29, 1.82) is 0 Å². The molecule has 0 heterocycles. The minimum Gasteiger partial charge on any atom is -0.467 e. The summed E-state index contributed by atoms with van der Waals surface area (Å²) < 4.78 is 9.39. The van der Waals surface area contributed by atoms with Crippen LogP contribution in [0.3, 0.4) is 0 Å². The average molecular weight is 409 g/mol. The van der Waals surface area contributed by atoms with E-state index in [0.717, 1.165) is 0 Å². The summed E-state index contributed by atoms with van der Waals surface area (Å²) in [5, 5.41) is 5.26. The Morgan fingerprint density at radius 3 is 1.38 bits per heavy atom. The number of ether oxygens (including phenoxy) is 2. The number of rotatable bonds is 13. The normalized spacial score (nSPS) is 12.6. The molecule has 0 fully saturated rings. The number of hydrogen-bond donors (Lipinski definition) is 2. The number of carbonyl (C=O) groups is 4. The van der Waals surface area contributed by atoms with Crippen LogP contribution in [-0.2, 0) is 28.7 Å². The summed E-state index contributed by atoms with van der Waals surface area (Å²) in [4.78, 5) is 46.9. The van der Waals surface area contributed by atoms with Crippen LogP contribution >= 0.6 is 21.6 Å². The van der Waals surface area contributed by atoms with E-state index in [4.69, 9.17) is 9.47 Å². The molecule has 0 radical (unpaired) electrons. The Labute approximate surface area is 162 Å². The van der Waals surface area contributed by atoms with Crippen LogP contribution in [0.4, 0.5) is 0 Å². The van der Waals surface area contributed by atoms with Gasteiger partial charge in [0.15, 0.2) is 0 Å². The standard InChI is InChI=1S/C16H28N2O6S2/c1-5-7-13(19)17-11(15(21)23-3)9-25-26-10-12(16(22)24-4)18-14(20)8-6-2/h11-12H,5-10H2,1-4H3,(H,17,19)(H,18,20)/t11-,12+. The Balaban J connectivity index is 4.51. The van der Waals surface area contributed by atoms with Crippen molar-refractivity contribution in [3.05, 3.63) is 0 Å². The lowest BCUT2D eigenvalue weighted by atomic mass is 10.3. The van der Waals surface area contributed by atoms with Crippen LogP contribution in [-0.4, -0.2) is 61.6 Å². The van der Waals surface area contributed by atoms with Crippen LogP contribution in [0.5, 0.6) is 0 Å². The number of methoxy groups -OCH3 is 2. The van der Waals surface area contributed by atoms with E-state index in [0.29, 0.717) is 25.7 Å². The minimum absolute atomic E-state index is 0.215. The van der Waals surface area contributed by atoms with Crippen LogP contribution in [0.15, 0.2) is 0 Å². The van der Waals surface area contributed by atoms with Crippen molar-refractivity contribution in [1.82, 2.24) is 10.6 Å². The second-order valence-electron chi connectivity index (χ2n) is 5.36. The lowest BCUT2D eigenvalue weighted by Gasteiger charge is -2.18. The van der Waals surface area contributed by atoms with E-state index in [1.54, 1.807) is 0 Å². The number of nitrogens with one attached hydrogen (secondary N) is 2. The molecule has 26 heavy (non-hydrogen) atoms. The molecule has 0 saturated heterocycles. The first kappa shape index (κ1) is 24.6. The van der Waals surface area contributed by atoms with Crippen molar-refractivity contribution in [3.8, 4) is 0 Å². The molecule has 0 aliphatic heterocycles. The third-order valence-electron chi connectivity index (χ3n) is 3.15. The van der Waals surface area contributed by atoms with E-state index in [9.17, 15) is 19.2 Å². The van der Waals surface area contributed by atoms with Gasteiger partial charge in [-0.1, -0.05) is 35.4 Å². The monoisotopic (exact) mass is 408 g/mol. The van der Waals surface area contributed by atoms with Crippen molar-refractivity contribution in [2.24, 2.45) is 0 Å². The fourth-order valence-electron chi connectivity index (χ4n) is 1.84. The first-order valence-corrected chi connectivity index (χ1v) is 10.9. The van der Waals surface area contributed by atoms with Crippen molar-refractivity contribution in [2.75, 3.05) is 25.7 Å². The van der Waals surface area contributed by atoms with Crippen molar-refractivity contribution in [2.45, 2.75) is 51.6 Å². The van der Waals surface area contributed by atoms with Gasteiger partial charge in [0.25, 0.3) is 0 Å². The van der Waals surface area contributed by atoms with Gasteiger partial charge in [0.05, 0.1) is 14.2 Å².